The number of carboxylic acids is 1. The van der Waals surface area contributed by atoms with Crippen molar-refractivity contribution in [1.82, 2.24) is 5.32 Å². The summed E-state index contributed by atoms with van der Waals surface area (Å²) in [5, 5.41) is 14.6. The van der Waals surface area contributed by atoms with E-state index in [0.717, 1.165) is 12.8 Å². The van der Waals surface area contributed by atoms with Crippen molar-refractivity contribution in [2.45, 2.75) is 46.1 Å². The van der Waals surface area contributed by atoms with Crippen molar-refractivity contribution in [2.24, 2.45) is 0 Å². The molecule has 1 aromatic carbocycles. The molecule has 110 valence electrons. The molecule has 0 radical (unpaired) electrons. The van der Waals surface area contributed by atoms with Crippen LogP contribution in [0.5, 0.6) is 0 Å². The van der Waals surface area contributed by atoms with Crippen LogP contribution >= 0.6 is 0 Å². The molecule has 0 saturated heterocycles. The molecule has 0 aliphatic rings. The molecule has 0 aliphatic heterocycles. The van der Waals surface area contributed by atoms with Crippen LogP contribution in [0.3, 0.4) is 0 Å². The summed E-state index contributed by atoms with van der Waals surface area (Å²) >= 11 is 0. The molecule has 0 bridgehead atoms. The van der Waals surface area contributed by atoms with Crippen molar-refractivity contribution in [3.05, 3.63) is 29.3 Å². The normalized spacial score (nSPS) is 11.0. The molecule has 0 spiro atoms. The largest absolute Gasteiger partial charge is 0.478 e. The number of carbonyl (C=O) groups excluding carboxylic acids is 1. The first-order valence-corrected chi connectivity index (χ1v) is 6.69. The Labute approximate surface area is 119 Å². The highest BCUT2D eigenvalue weighted by Gasteiger charge is 2.21. The van der Waals surface area contributed by atoms with Gasteiger partial charge in [-0.15, -0.1) is 0 Å². The highest BCUT2D eigenvalue weighted by molar-refractivity contribution is 6.01. The summed E-state index contributed by atoms with van der Waals surface area (Å²) in [6.07, 6.45) is 1.80. The van der Waals surface area contributed by atoms with Gasteiger partial charge in [-0.05, 0) is 38.8 Å². The van der Waals surface area contributed by atoms with Gasteiger partial charge >= 0.3 is 12.0 Å². The number of nitrogens with one attached hydrogen (secondary N) is 2. The maximum atomic E-state index is 12.0. The zero-order valence-corrected chi connectivity index (χ0v) is 12.4. The second-order valence-electron chi connectivity index (χ2n) is 5.52. The van der Waals surface area contributed by atoms with E-state index in [-0.39, 0.29) is 17.1 Å². The number of aryl methyl sites for hydroxylation is 1. The summed E-state index contributed by atoms with van der Waals surface area (Å²) in [7, 11) is 0. The first-order chi connectivity index (χ1) is 9.26. The van der Waals surface area contributed by atoms with E-state index in [1.807, 2.05) is 20.8 Å². The maximum Gasteiger partial charge on any atom is 0.337 e. The number of hydrogen-bond donors (Lipinski definition) is 3. The van der Waals surface area contributed by atoms with E-state index in [0.29, 0.717) is 11.3 Å². The van der Waals surface area contributed by atoms with Gasteiger partial charge in [0.15, 0.2) is 0 Å². The molecule has 0 fully saturated rings. The lowest BCUT2D eigenvalue weighted by Gasteiger charge is -2.26. The minimum atomic E-state index is -1.06. The number of hydrogen-bond acceptors (Lipinski definition) is 2. The SMILES string of the molecule is CCCC(C)(C)NC(=O)Nc1c(C)cccc1C(=O)O. The summed E-state index contributed by atoms with van der Waals surface area (Å²) in [6, 6.07) is 4.50. The van der Waals surface area contributed by atoms with Crippen molar-refractivity contribution in [1.29, 1.82) is 0 Å². The fourth-order valence-electron chi connectivity index (χ4n) is 2.15. The highest BCUT2D eigenvalue weighted by atomic mass is 16.4. The van der Waals surface area contributed by atoms with Gasteiger partial charge < -0.3 is 15.7 Å². The van der Waals surface area contributed by atoms with Crippen LogP contribution in [0, 0.1) is 6.92 Å². The van der Waals surface area contributed by atoms with Gasteiger partial charge in [0.05, 0.1) is 11.3 Å². The predicted molar refractivity (Wildman–Crippen MR) is 79.3 cm³/mol. The molecular formula is C15H22N2O3. The van der Waals surface area contributed by atoms with Crippen molar-refractivity contribution in [2.75, 3.05) is 5.32 Å². The topological polar surface area (TPSA) is 78.4 Å². The lowest BCUT2D eigenvalue weighted by Crippen LogP contribution is -2.45. The number of amides is 2. The fourth-order valence-corrected chi connectivity index (χ4v) is 2.15. The van der Waals surface area contributed by atoms with E-state index < -0.39 is 5.97 Å². The van der Waals surface area contributed by atoms with Gasteiger partial charge in [-0.25, -0.2) is 9.59 Å². The van der Waals surface area contributed by atoms with E-state index >= 15 is 0 Å². The number of benzene rings is 1. The molecule has 5 heteroatoms. The highest BCUT2D eigenvalue weighted by Crippen LogP contribution is 2.21. The second-order valence-corrected chi connectivity index (χ2v) is 5.52. The van der Waals surface area contributed by atoms with Crippen LogP contribution in [0.15, 0.2) is 18.2 Å². The monoisotopic (exact) mass is 278 g/mol. The molecule has 0 heterocycles. The van der Waals surface area contributed by atoms with E-state index in [2.05, 4.69) is 10.6 Å². The van der Waals surface area contributed by atoms with Crippen molar-refractivity contribution in [3.8, 4) is 0 Å². The zero-order valence-electron chi connectivity index (χ0n) is 12.4. The Balaban J connectivity index is 2.89. The van der Waals surface area contributed by atoms with Gasteiger partial charge in [0.1, 0.15) is 0 Å². The van der Waals surface area contributed by atoms with Gasteiger partial charge in [-0.3, -0.25) is 0 Å². The summed E-state index contributed by atoms with van der Waals surface area (Å²) < 4.78 is 0. The van der Waals surface area contributed by atoms with Gasteiger partial charge in [-0.1, -0.05) is 25.5 Å². The standard InChI is InChI=1S/C15H22N2O3/c1-5-9-15(3,4)17-14(20)16-12-10(2)7-6-8-11(12)13(18)19/h6-8H,5,9H2,1-4H3,(H,18,19)(H2,16,17,20). The van der Waals surface area contributed by atoms with Crippen LogP contribution in [0.25, 0.3) is 0 Å². The number of para-hydroxylation sites is 1. The fraction of sp³-hybridized carbons (Fsp3) is 0.467. The minimum absolute atomic E-state index is 0.0912. The van der Waals surface area contributed by atoms with Crippen LogP contribution in [0.2, 0.25) is 0 Å². The first-order valence-electron chi connectivity index (χ1n) is 6.69. The molecule has 2 amide bonds. The van der Waals surface area contributed by atoms with Gasteiger partial charge in [-0.2, -0.15) is 0 Å². The molecule has 3 N–H and O–H groups in total. The van der Waals surface area contributed by atoms with Crippen molar-refractivity contribution < 1.29 is 14.7 Å². The van der Waals surface area contributed by atoms with Crippen LogP contribution < -0.4 is 10.6 Å². The van der Waals surface area contributed by atoms with Crippen LogP contribution in [-0.4, -0.2) is 22.6 Å². The number of carbonyl (C=O) groups is 2. The number of urea groups is 1. The Hall–Kier alpha value is -2.04. The zero-order chi connectivity index (χ0) is 15.3. The van der Waals surface area contributed by atoms with E-state index in [1.54, 1.807) is 19.1 Å². The Morgan fingerprint density at radius 1 is 1.30 bits per heavy atom. The Morgan fingerprint density at radius 3 is 2.50 bits per heavy atom. The number of rotatable bonds is 5. The summed E-state index contributed by atoms with van der Waals surface area (Å²) in [5.41, 5.74) is 0.817. The quantitative estimate of drug-likeness (QED) is 0.772. The summed E-state index contributed by atoms with van der Waals surface area (Å²) in [5.74, 6) is -1.06. The minimum Gasteiger partial charge on any atom is -0.478 e. The average molecular weight is 278 g/mol. The Bertz CT molecular complexity index is 510. The molecular weight excluding hydrogens is 256 g/mol. The Kier molecular flexibility index (Phi) is 5.13. The molecule has 0 unspecified atom stereocenters. The smallest absolute Gasteiger partial charge is 0.337 e. The lowest BCUT2D eigenvalue weighted by molar-refractivity contribution is 0.0698. The third-order valence-electron chi connectivity index (χ3n) is 3.07. The van der Waals surface area contributed by atoms with Crippen molar-refractivity contribution in [3.63, 3.8) is 0 Å². The van der Waals surface area contributed by atoms with Crippen LogP contribution in [-0.2, 0) is 0 Å². The number of anilines is 1. The van der Waals surface area contributed by atoms with E-state index in [1.165, 1.54) is 6.07 Å². The molecule has 1 rings (SSSR count). The predicted octanol–water partition coefficient (Wildman–Crippen LogP) is 3.39. The molecule has 0 saturated carbocycles. The number of aromatic carboxylic acids is 1. The lowest BCUT2D eigenvalue weighted by atomic mass is 9.99. The van der Waals surface area contributed by atoms with E-state index in [4.69, 9.17) is 5.11 Å². The van der Waals surface area contributed by atoms with Crippen molar-refractivity contribution >= 4 is 17.7 Å². The average Bonchev–Trinajstić information content (AvgIpc) is 2.30. The van der Waals surface area contributed by atoms with Gasteiger partial charge in [0, 0.05) is 5.54 Å². The second kappa shape index (κ2) is 6.41. The Morgan fingerprint density at radius 2 is 1.95 bits per heavy atom. The molecule has 0 aromatic heterocycles. The summed E-state index contributed by atoms with van der Waals surface area (Å²) in [4.78, 5) is 23.2. The molecule has 20 heavy (non-hydrogen) atoms. The van der Waals surface area contributed by atoms with Gasteiger partial charge in [0.25, 0.3) is 0 Å². The van der Waals surface area contributed by atoms with E-state index in [9.17, 15) is 9.59 Å². The molecule has 0 atom stereocenters. The molecule has 1 aromatic rings. The van der Waals surface area contributed by atoms with Crippen LogP contribution in [0.1, 0.15) is 49.5 Å². The van der Waals surface area contributed by atoms with Gasteiger partial charge in [0.2, 0.25) is 0 Å². The molecule has 5 nitrogen and oxygen atoms in total. The maximum absolute atomic E-state index is 12.0. The first kappa shape index (κ1) is 16.0. The summed E-state index contributed by atoms with van der Waals surface area (Å²) in [6.45, 7) is 7.68. The third-order valence-corrected chi connectivity index (χ3v) is 3.07. The number of carboxylic acid groups (broad SMARTS) is 1. The third kappa shape index (κ3) is 4.26. The molecule has 0 aliphatic carbocycles. The van der Waals surface area contributed by atoms with Crippen LogP contribution in [0.4, 0.5) is 10.5 Å².